The number of methoxy groups -OCH3 is 2. The summed E-state index contributed by atoms with van der Waals surface area (Å²) >= 11 is 0. The van der Waals surface area contributed by atoms with Gasteiger partial charge < -0.3 is 29.5 Å². The third-order valence-electron chi connectivity index (χ3n) is 4.48. The first-order valence-corrected chi connectivity index (χ1v) is 8.26. The van der Waals surface area contributed by atoms with Crippen LogP contribution in [-0.4, -0.2) is 42.8 Å². The van der Waals surface area contributed by atoms with Crippen LogP contribution in [0.2, 0.25) is 0 Å². The number of ether oxygens (including phenoxy) is 3. The van der Waals surface area contributed by atoms with Gasteiger partial charge in [-0.1, -0.05) is 18.2 Å². The van der Waals surface area contributed by atoms with E-state index in [-0.39, 0.29) is 24.9 Å². The first kappa shape index (κ1) is 18.1. The molecule has 3 rings (SSSR count). The normalized spacial score (nSPS) is 18.6. The van der Waals surface area contributed by atoms with E-state index in [1.807, 2.05) is 12.1 Å². The van der Waals surface area contributed by atoms with E-state index in [9.17, 15) is 10.2 Å². The van der Waals surface area contributed by atoms with Gasteiger partial charge in [0.05, 0.1) is 33.4 Å². The van der Waals surface area contributed by atoms with Crippen LogP contribution in [0.1, 0.15) is 28.7 Å². The molecule has 1 aliphatic rings. The Hall–Kier alpha value is -2.70. The highest BCUT2D eigenvalue weighted by Crippen LogP contribution is 2.51. The number of rotatable bonds is 6. The van der Waals surface area contributed by atoms with Gasteiger partial charge in [-0.2, -0.15) is 0 Å². The van der Waals surface area contributed by atoms with Gasteiger partial charge in [0.1, 0.15) is 6.10 Å². The van der Waals surface area contributed by atoms with Crippen LogP contribution in [0.15, 0.2) is 36.4 Å². The summed E-state index contributed by atoms with van der Waals surface area (Å²) in [6.07, 6.45) is 2.98. The van der Waals surface area contributed by atoms with Crippen LogP contribution in [0.5, 0.6) is 23.0 Å². The van der Waals surface area contributed by atoms with E-state index >= 15 is 0 Å². The monoisotopic (exact) mass is 358 g/mol. The van der Waals surface area contributed by atoms with Crippen molar-refractivity contribution in [1.29, 1.82) is 0 Å². The molecule has 2 aromatic carbocycles. The predicted octanol–water partition coefficient (Wildman–Crippen LogP) is 2.62. The van der Waals surface area contributed by atoms with Crippen molar-refractivity contribution in [1.82, 2.24) is 0 Å². The first-order chi connectivity index (χ1) is 12.6. The van der Waals surface area contributed by atoms with Gasteiger partial charge in [0.25, 0.3) is 0 Å². The molecule has 0 saturated carbocycles. The van der Waals surface area contributed by atoms with Gasteiger partial charge in [-0.05, 0) is 35.4 Å². The second-order valence-electron chi connectivity index (χ2n) is 5.99. The summed E-state index contributed by atoms with van der Waals surface area (Å²) in [5.74, 6) is 1.24. The van der Waals surface area contributed by atoms with Gasteiger partial charge in [-0.25, -0.2) is 0 Å². The van der Waals surface area contributed by atoms with Gasteiger partial charge in [-0.15, -0.1) is 0 Å². The number of aromatic hydroxyl groups is 1. The third-order valence-corrected chi connectivity index (χ3v) is 4.48. The Bertz CT molecular complexity index is 814. The Labute approximate surface area is 151 Å². The standard InChI is InChI=1S/C20H22O6/c1-24-17-10-13(5-6-16(17)23)19-15(11-22)14-8-12(4-3-7-21)9-18(25-2)20(14)26-19/h3-6,8-10,15,19,21-23H,7,11H2,1-2H3/t15-,19+/m1/s1. The van der Waals surface area contributed by atoms with Gasteiger partial charge in [0, 0.05) is 5.56 Å². The van der Waals surface area contributed by atoms with Crippen molar-refractivity contribution < 1.29 is 29.5 Å². The maximum absolute atomic E-state index is 10.00. The summed E-state index contributed by atoms with van der Waals surface area (Å²) in [6.45, 7) is -0.174. The van der Waals surface area contributed by atoms with Gasteiger partial charge in [-0.3, -0.25) is 0 Å². The molecule has 0 aromatic heterocycles. The minimum Gasteiger partial charge on any atom is -0.504 e. The average molecular weight is 358 g/mol. The molecule has 0 unspecified atom stereocenters. The summed E-state index contributed by atoms with van der Waals surface area (Å²) in [6, 6.07) is 8.73. The smallest absolute Gasteiger partial charge is 0.165 e. The van der Waals surface area contributed by atoms with Crippen molar-refractivity contribution in [3.8, 4) is 23.0 Å². The molecule has 6 nitrogen and oxygen atoms in total. The topological polar surface area (TPSA) is 88.4 Å². The predicted molar refractivity (Wildman–Crippen MR) is 97.0 cm³/mol. The number of aliphatic hydroxyl groups is 2. The molecule has 26 heavy (non-hydrogen) atoms. The highest BCUT2D eigenvalue weighted by atomic mass is 16.5. The lowest BCUT2D eigenvalue weighted by molar-refractivity contribution is 0.157. The van der Waals surface area contributed by atoms with Crippen molar-refractivity contribution in [3.63, 3.8) is 0 Å². The molecule has 0 bridgehead atoms. The Balaban J connectivity index is 2.04. The van der Waals surface area contributed by atoms with Gasteiger partial charge in [0.15, 0.2) is 23.0 Å². The number of phenols is 1. The number of benzene rings is 2. The number of hydrogen-bond donors (Lipinski definition) is 3. The summed E-state index contributed by atoms with van der Waals surface area (Å²) < 4.78 is 16.7. The lowest BCUT2D eigenvalue weighted by Crippen LogP contribution is -2.13. The fraction of sp³-hybridized carbons (Fsp3) is 0.300. The molecular formula is C20H22O6. The minimum atomic E-state index is -0.435. The van der Waals surface area contributed by atoms with Crippen molar-refractivity contribution in [2.75, 3.05) is 27.4 Å². The van der Waals surface area contributed by atoms with Crippen molar-refractivity contribution >= 4 is 6.08 Å². The Morgan fingerprint density at radius 2 is 1.85 bits per heavy atom. The van der Waals surface area contributed by atoms with Crippen LogP contribution in [-0.2, 0) is 0 Å². The number of hydrogen-bond acceptors (Lipinski definition) is 6. The Morgan fingerprint density at radius 3 is 2.50 bits per heavy atom. The van der Waals surface area contributed by atoms with E-state index in [1.54, 1.807) is 37.5 Å². The van der Waals surface area contributed by atoms with E-state index < -0.39 is 6.10 Å². The van der Waals surface area contributed by atoms with E-state index in [4.69, 9.17) is 19.3 Å². The zero-order valence-corrected chi connectivity index (χ0v) is 14.7. The van der Waals surface area contributed by atoms with Crippen molar-refractivity contribution in [3.05, 3.63) is 53.1 Å². The highest BCUT2D eigenvalue weighted by Gasteiger charge is 2.37. The fourth-order valence-corrected chi connectivity index (χ4v) is 3.22. The summed E-state index contributed by atoms with van der Waals surface area (Å²) in [5.41, 5.74) is 2.46. The molecule has 2 aromatic rings. The molecule has 6 heteroatoms. The highest BCUT2D eigenvalue weighted by molar-refractivity contribution is 5.62. The molecule has 0 amide bonds. The summed E-state index contributed by atoms with van der Waals surface area (Å²) in [4.78, 5) is 0. The SMILES string of the molecule is COc1cc([C@@H]2Oc3c(OC)cc(C=CCO)cc3[C@H]2CO)ccc1O. The van der Waals surface area contributed by atoms with E-state index in [1.165, 1.54) is 7.11 Å². The van der Waals surface area contributed by atoms with Crippen molar-refractivity contribution in [2.45, 2.75) is 12.0 Å². The summed E-state index contributed by atoms with van der Waals surface area (Å²) in [5, 5.41) is 28.8. The fourth-order valence-electron chi connectivity index (χ4n) is 3.22. The largest absolute Gasteiger partial charge is 0.504 e. The minimum absolute atomic E-state index is 0.0429. The van der Waals surface area contributed by atoms with E-state index in [0.29, 0.717) is 17.2 Å². The zero-order chi connectivity index (χ0) is 18.7. The van der Waals surface area contributed by atoms with Crippen molar-refractivity contribution in [2.24, 2.45) is 0 Å². The van der Waals surface area contributed by atoms with Crippen LogP contribution in [0.3, 0.4) is 0 Å². The first-order valence-electron chi connectivity index (χ1n) is 8.26. The molecule has 0 radical (unpaired) electrons. The molecule has 1 heterocycles. The molecular weight excluding hydrogens is 336 g/mol. The number of phenolic OH excluding ortho intramolecular Hbond substituents is 1. The van der Waals surface area contributed by atoms with Crippen LogP contribution in [0, 0.1) is 0 Å². The number of fused-ring (bicyclic) bond motifs is 1. The maximum atomic E-state index is 10.00. The molecule has 1 aliphatic heterocycles. The average Bonchev–Trinajstić information content (AvgIpc) is 3.04. The second kappa shape index (κ2) is 7.68. The molecule has 0 fully saturated rings. The zero-order valence-electron chi connectivity index (χ0n) is 14.7. The third kappa shape index (κ3) is 3.21. The van der Waals surface area contributed by atoms with Crippen LogP contribution in [0.4, 0.5) is 0 Å². The molecule has 3 N–H and O–H groups in total. The molecule has 0 saturated heterocycles. The lowest BCUT2D eigenvalue weighted by Gasteiger charge is -2.18. The molecule has 0 spiro atoms. The quantitative estimate of drug-likeness (QED) is 0.736. The lowest BCUT2D eigenvalue weighted by atomic mass is 9.90. The van der Waals surface area contributed by atoms with Crippen LogP contribution < -0.4 is 14.2 Å². The van der Waals surface area contributed by atoms with Gasteiger partial charge in [0.2, 0.25) is 0 Å². The van der Waals surface area contributed by atoms with Crippen LogP contribution in [0.25, 0.3) is 6.08 Å². The second-order valence-corrected chi connectivity index (χ2v) is 5.99. The van der Waals surface area contributed by atoms with E-state index in [0.717, 1.165) is 16.7 Å². The molecule has 138 valence electrons. The van der Waals surface area contributed by atoms with Gasteiger partial charge >= 0.3 is 0 Å². The molecule has 0 aliphatic carbocycles. The molecule has 2 atom stereocenters. The Morgan fingerprint density at radius 1 is 1.08 bits per heavy atom. The van der Waals surface area contributed by atoms with Crippen LogP contribution >= 0.6 is 0 Å². The van der Waals surface area contributed by atoms with E-state index in [2.05, 4.69) is 0 Å². The Kier molecular flexibility index (Phi) is 5.35. The number of aliphatic hydroxyl groups excluding tert-OH is 2. The maximum Gasteiger partial charge on any atom is 0.165 e. The summed E-state index contributed by atoms with van der Waals surface area (Å²) in [7, 11) is 3.04.